The molecule has 1 saturated carbocycles. The Morgan fingerprint density at radius 1 is 1.07 bits per heavy atom. The molecule has 1 unspecified atom stereocenters. The Labute approximate surface area is 241 Å². The van der Waals surface area contributed by atoms with E-state index in [1.165, 1.54) is 0 Å². The van der Waals surface area contributed by atoms with E-state index in [0.29, 0.717) is 23.6 Å². The number of pyridine rings is 2. The van der Waals surface area contributed by atoms with Gasteiger partial charge in [0.25, 0.3) is 11.5 Å². The molecule has 2 aliphatic carbocycles. The molecule has 1 saturated heterocycles. The lowest BCUT2D eigenvalue weighted by Crippen LogP contribution is -2.41. The second-order valence-corrected chi connectivity index (χ2v) is 11.7. The smallest absolute Gasteiger partial charge is 0.253 e. The van der Waals surface area contributed by atoms with Crippen molar-refractivity contribution in [2.24, 2.45) is 5.92 Å². The van der Waals surface area contributed by atoms with Crippen LogP contribution in [0.25, 0.3) is 0 Å². The third-order valence-electron chi connectivity index (χ3n) is 8.74. The summed E-state index contributed by atoms with van der Waals surface area (Å²) in [6.07, 6.45) is 9.35. The van der Waals surface area contributed by atoms with Gasteiger partial charge < -0.3 is 25.8 Å². The van der Waals surface area contributed by atoms with Crippen molar-refractivity contribution in [3.05, 3.63) is 80.1 Å². The van der Waals surface area contributed by atoms with Crippen LogP contribution in [0.1, 0.15) is 73.8 Å². The monoisotopic (exact) mass is 558 g/mol. The SMILES string of the molecule is CNC1CCN(c2ccc(C3C=C(C(=O)NCc4c(C)cc(C)[nH]c4=O)C(C)=C(NC(=O)C4CC4)CC3)cn2)CC1. The number of nitrogens with one attached hydrogen (secondary N) is 4. The molecule has 2 amide bonds. The van der Waals surface area contributed by atoms with Crippen LogP contribution < -0.4 is 26.4 Å². The topological polar surface area (TPSA) is 119 Å². The lowest BCUT2D eigenvalue weighted by Gasteiger charge is -2.32. The molecular weight excluding hydrogens is 516 g/mol. The van der Waals surface area contributed by atoms with Crippen molar-refractivity contribution in [3.63, 3.8) is 0 Å². The molecule has 1 atom stereocenters. The van der Waals surface area contributed by atoms with Crippen LogP contribution in [0, 0.1) is 19.8 Å². The van der Waals surface area contributed by atoms with Gasteiger partial charge in [-0.05, 0) is 95.2 Å². The highest BCUT2D eigenvalue weighted by molar-refractivity contribution is 5.98. The number of carbonyl (C=O) groups excluding carboxylic acids is 2. The maximum absolute atomic E-state index is 13.6. The van der Waals surface area contributed by atoms with Crippen LogP contribution in [0.15, 0.2) is 52.1 Å². The van der Waals surface area contributed by atoms with E-state index in [9.17, 15) is 14.4 Å². The maximum atomic E-state index is 13.6. The molecule has 41 heavy (non-hydrogen) atoms. The Bertz CT molecular complexity index is 1410. The van der Waals surface area contributed by atoms with Crippen molar-refractivity contribution in [2.75, 3.05) is 25.0 Å². The van der Waals surface area contributed by atoms with E-state index in [2.05, 4.69) is 38.0 Å². The predicted octanol–water partition coefficient (Wildman–Crippen LogP) is 3.50. The second kappa shape index (κ2) is 12.4. The van der Waals surface area contributed by atoms with E-state index in [1.54, 1.807) is 0 Å². The molecule has 218 valence electrons. The fourth-order valence-corrected chi connectivity index (χ4v) is 5.89. The standard InChI is InChI=1S/C32H42N6O3/c1-19-15-20(2)36-32(41)27(19)18-35-31(40)26-16-23(7-9-28(21(26)3)37-30(39)22-5-6-22)24-8-10-29(34-17-24)38-13-11-25(33-4)12-14-38/h8,10,15-17,22-23,25,33H,5-7,9,11-14,18H2,1-4H3,(H,35,40)(H,36,41)(H,37,39). The molecule has 0 radical (unpaired) electrons. The van der Waals surface area contributed by atoms with Crippen molar-refractivity contribution in [1.82, 2.24) is 25.9 Å². The molecule has 1 aliphatic heterocycles. The van der Waals surface area contributed by atoms with E-state index in [-0.39, 0.29) is 35.8 Å². The molecule has 0 spiro atoms. The normalized spacial score (nSPS) is 20.0. The maximum Gasteiger partial charge on any atom is 0.253 e. The van der Waals surface area contributed by atoms with Crippen molar-refractivity contribution in [3.8, 4) is 0 Å². The Balaban J connectivity index is 1.37. The third kappa shape index (κ3) is 6.78. The quantitative estimate of drug-likeness (QED) is 0.394. The number of aromatic nitrogens is 2. The van der Waals surface area contributed by atoms with Gasteiger partial charge in [-0.1, -0.05) is 12.1 Å². The van der Waals surface area contributed by atoms with Crippen molar-refractivity contribution >= 4 is 17.6 Å². The van der Waals surface area contributed by atoms with Gasteiger partial charge in [0.15, 0.2) is 0 Å². The van der Waals surface area contributed by atoms with Gasteiger partial charge in [-0.25, -0.2) is 4.98 Å². The molecule has 9 heteroatoms. The first kappa shape index (κ1) is 28.8. The van der Waals surface area contributed by atoms with E-state index in [1.807, 2.05) is 46.2 Å². The van der Waals surface area contributed by atoms with E-state index in [4.69, 9.17) is 4.98 Å². The van der Waals surface area contributed by atoms with Crippen molar-refractivity contribution < 1.29 is 9.59 Å². The molecule has 0 aromatic carbocycles. The van der Waals surface area contributed by atoms with Crippen LogP contribution >= 0.6 is 0 Å². The number of carbonyl (C=O) groups is 2. The highest BCUT2D eigenvalue weighted by Gasteiger charge is 2.31. The number of allylic oxidation sites excluding steroid dienone is 2. The Morgan fingerprint density at radius 2 is 1.83 bits per heavy atom. The van der Waals surface area contributed by atoms with Crippen LogP contribution in [-0.4, -0.2) is 48.0 Å². The zero-order valence-electron chi connectivity index (χ0n) is 24.6. The van der Waals surface area contributed by atoms with Crippen LogP contribution in [0.4, 0.5) is 5.82 Å². The second-order valence-electron chi connectivity index (χ2n) is 11.7. The van der Waals surface area contributed by atoms with E-state index >= 15 is 0 Å². The van der Waals surface area contributed by atoms with Crippen LogP contribution in [0.5, 0.6) is 0 Å². The molecule has 2 fully saturated rings. The summed E-state index contributed by atoms with van der Waals surface area (Å²) in [4.78, 5) is 48.8. The molecule has 4 N–H and O–H groups in total. The third-order valence-corrected chi connectivity index (χ3v) is 8.74. The van der Waals surface area contributed by atoms with Gasteiger partial charge >= 0.3 is 0 Å². The van der Waals surface area contributed by atoms with Gasteiger partial charge in [-0.3, -0.25) is 14.4 Å². The Morgan fingerprint density at radius 3 is 2.46 bits per heavy atom. The summed E-state index contributed by atoms with van der Waals surface area (Å²) >= 11 is 0. The summed E-state index contributed by atoms with van der Waals surface area (Å²) in [7, 11) is 2.02. The number of anilines is 1. The number of aromatic amines is 1. The van der Waals surface area contributed by atoms with Crippen LogP contribution in [0.3, 0.4) is 0 Å². The summed E-state index contributed by atoms with van der Waals surface area (Å²) in [5.74, 6) is 0.782. The number of nitrogens with zero attached hydrogens (tertiary/aromatic N) is 2. The van der Waals surface area contributed by atoms with Gasteiger partial charge in [0.1, 0.15) is 5.82 Å². The molecule has 2 aromatic rings. The number of amides is 2. The zero-order chi connectivity index (χ0) is 29.1. The number of rotatable bonds is 8. The molecule has 0 bridgehead atoms. The fourth-order valence-electron chi connectivity index (χ4n) is 5.89. The van der Waals surface area contributed by atoms with E-state index < -0.39 is 0 Å². The van der Waals surface area contributed by atoms with E-state index in [0.717, 1.165) is 79.1 Å². The summed E-state index contributed by atoms with van der Waals surface area (Å²) < 4.78 is 0. The summed E-state index contributed by atoms with van der Waals surface area (Å²) in [6.45, 7) is 7.69. The molecule has 9 nitrogen and oxygen atoms in total. The molecule has 2 aromatic heterocycles. The number of hydrogen-bond donors (Lipinski definition) is 4. The molecule has 3 aliphatic rings. The first-order valence-electron chi connectivity index (χ1n) is 14.8. The summed E-state index contributed by atoms with van der Waals surface area (Å²) in [5.41, 5.74) is 5.10. The fraction of sp³-hybridized carbons (Fsp3) is 0.500. The minimum absolute atomic E-state index is 0.0347. The van der Waals surface area contributed by atoms with Gasteiger partial charge in [0.05, 0.1) is 0 Å². The molecule has 3 heterocycles. The summed E-state index contributed by atoms with van der Waals surface area (Å²) in [6, 6.07) is 6.65. The van der Waals surface area contributed by atoms with Crippen molar-refractivity contribution in [2.45, 2.75) is 77.8 Å². The highest BCUT2D eigenvalue weighted by atomic mass is 16.2. The number of piperidine rings is 1. The average molecular weight is 559 g/mol. The largest absolute Gasteiger partial charge is 0.357 e. The van der Waals surface area contributed by atoms with Gasteiger partial charge in [-0.15, -0.1) is 0 Å². The predicted molar refractivity (Wildman–Crippen MR) is 161 cm³/mol. The average Bonchev–Trinajstić information content (AvgIpc) is 3.82. The summed E-state index contributed by atoms with van der Waals surface area (Å²) in [5, 5.41) is 9.46. The van der Waals surface area contributed by atoms with Gasteiger partial charge in [0, 0.05) is 66.2 Å². The number of aryl methyl sites for hydroxylation is 2. The zero-order valence-corrected chi connectivity index (χ0v) is 24.6. The van der Waals surface area contributed by atoms with Gasteiger partial charge in [-0.2, -0.15) is 0 Å². The minimum atomic E-state index is -0.260. The van der Waals surface area contributed by atoms with Crippen molar-refractivity contribution in [1.29, 1.82) is 0 Å². The van der Waals surface area contributed by atoms with Gasteiger partial charge in [0.2, 0.25) is 5.91 Å². The van der Waals surface area contributed by atoms with Crippen LogP contribution in [-0.2, 0) is 16.1 Å². The first-order chi connectivity index (χ1) is 19.7. The first-order valence-corrected chi connectivity index (χ1v) is 14.8. The Hall–Kier alpha value is -3.72. The van der Waals surface area contributed by atoms with Crippen LogP contribution in [0.2, 0.25) is 0 Å². The lowest BCUT2D eigenvalue weighted by molar-refractivity contribution is -0.121. The molecule has 5 rings (SSSR count). The molecular formula is C32H42N6O3. The number of hydrogen-bond acceptors (Lipinski definition) is 6. The number of H-pyrrole nitrogens is 1. The lowest BCUT2D eigenvalue weighted by atomic mass is 9.94. The highest BCUT2D eigenvalue weighted by Crippen LogP contribution is 2.35. The minimum Gasteiger partial charge on any atom is -0.357 e. The Kier molecular flexibility index (Phi) is 8.73.